The third-order valence-corrected chi connectivity index (χ3v) is 5.93. The topological polar surface area (TPSA) is 76.1 Å². The number of carbonyl (C=O) groups excluding carboxylic acids is 2. The summed E-state index contributed by atoms with van der Waals surface area (Å²) in [6.07, 6.45) is 0.273. The average molecular weight is 389 g/mol. The van der Waals surface area contributed by atoms with E-state index in [1.165, 1.54) is 0 Å². The molecule has 0 aromatic heterocycles. The van der Waals surface area contributed by atoms with Gasteiger partial charge >= 0.3 is 11.8 Å². The van der Waals surface area contributed by atoms with Crippen molar-refractivity contribution in [2.45, 2.75) is 25.5 Å². The molecule has 7 nitrogen and oxygen atoms in total. The lowest BCUT2D eigenvalue weighted by atomic mass is 10.0. The Morgan fingerprint density at radius 3 is 2.43 bits per heavy atom. The highest BCUT2D eigenvalue weighted by molar-refractivity contribution is 6.35. The number of aliphatic hydroxyl groups excluding tert-OH is 1. The van der Waals surface area contributed by atoms with Crippen molar-refractivity contribution in [3.05, 3.63) is 35.9 Å². The second kappa shape index (κ2) is 9.49. The predicted molar refractivity (Wildman–Crippen MR) is 108 cm³/mol. The van der Waals surface area contributed by atoms with E-state index < -0.39 is 17.9 Å². The van der Waals surface area contributed by atoms with E-state index in [9.17, 15) is 14.7 Å². The summed E-state index contributed by atoms with van der Waals surface area (Å²) in [6.45, 7) is 7.30. The Kier molecular flexibility index (Phi) is 7.04. The lowest BCUT2D eigenvalue weighted by Gasteiger charge is -2.35. The highest BCUT2D eigenvalue weighted by atomic mass is 16.3. The van der Waals surface area contributed by atoms with E-state index in [0.717, 1.165) is 38.2 Å². The van der Waals surface area contributed by atoms with Crippen LogP contribution in [0.4, 0.5) is 0 Å². The van der Waals surface area contributed by atoms with Crippen molar-refractivity contribution in [1.29, 1.82) is 0 Å². The molecule has 2 aliphatic heterocycles. The maximum absolute atomic E-state index is 12.7. The molecule has 3 rings (SSSR count). The fourth-order valence-corrected chi connectivity index (χ4v) is 3.94. The van der Waals surface area contributed by atoms with Crippen molar-refractivity contribution in [2.24, 2.45) is 5.92 Å². The molecule has 2 saturated heterocycles. The molecule has 2 N–H and O–H groups in total. The number of hydrogen-bond acceptors (Lipinski definition) is 5. The van der Waals surface area contributed by atoms with Crippen LogP contribution >= 0.6 is 0 Å². The number of nitrogens with one attached hydrogen (secondary N) is 1. The molecule has 28 heavy (non-hydrogen) atoms. The Balaban J connectivity index is 1.63. The van der Waals surface area contributed by atoms with Crippen molar-refractivity contribution in [3.63, 3.8) is 0 Å². The van der Waals surface area contributed by atoms with E-state index in [4.69, 9.17) is 0 Å². The normalized spacial score (nSPS) is 23.4. The second-order valence-corrected chi connectivity index (χ2v) is 8.08. The van der Waals surface area contributed by atoms with Gasteiger partial charge in [-0.25, -0.2) is 0 Å². The molecule has 1 aromatic carbocycles. The molecule has 3 atom stereocenters. The van der Waals surface area contributed by atoms with Crippen LogP contribution in [0.5, 0.6) is 0 Å². The van der Waals surface area contributed by atoms with E-state index in [1.807, 2.05) is 30.3 Å². The number of likely N-dealkylation sites (tertiary alicyclic amines) is 1. The Labute approximate surface area is 167 Å². The number of piperazine rings is 1. The van der Waals surface area contributed by atoms with Gasteiger partial charge in [-0.15, -0.1) is 0 Å². The van der Waals surface area contributed by atoms with Crippen LogP contribution in [0.2, 0.25) is 0 Å². The van der Waals surface area contributed by atoms with Gasteiger partial charge in [0.1, 0.15) is 0 Å². The highest BCUT2D eigenvalue weighted by Gasteiger charge is 2.33. The summed E-state index contributed by atoms with van der Waals surface area (Å²) in [4.78, 5) is 31.5. The lowest BCUT2D eigenvalue weighted by molar-refractivity contribution is -0.145. The second-order valence-electron chi connectivity index (χ2n) is 8.08. The fraction of sp³-hybridized carbons (Fsp3) is 0.619. The molecule has 2 aliphatic rings. The van der Waals surface area contributed by atoms with Gasteiger partial charge in [-0.1, -0.05) is 30.3 Å². The minimum Gasteiger partial charge on any atom is -0.393 e. The Hall–Kier alpha value is -1.96. The summed E-state index contributed by atoms with van der Waals surface area (Å²) < 4.78 is 0. The van der Waals surface area contributed by atoms with Gasteiger partial charge in [0.15, 0.2) is 0 Å². The number of benzene rings is 1. The van der Waals surface area contributed by atoms with Gasteiger partial charge < -0.3 is 20.2 Å². The first-order valence-corrected chi connectivity index (χ1v) is 10.2. The van der Waals surface area contributed by atoms with Crippen LogP contribution in [0.15, 0.2) is 30.3 Å². The van der Waals surface area contributed by atoms with Crippen molar-refractivity contribution in [2.75, 3.05) is 52.9 Å². The predicted octanol–water partition coefficient (Wildman–Crippen LogP) is 0.321. The zero-order chi connectivity index (χ0) is 20.1. The monoisotopic (exact) mass is 388 g/mol. The smallest absolute Gasteiger partial charge is 0.311 e. The first-order valence-electron chi connectivity index (χ1n) is 10.2. The van der Waals surface area contributed by atoms with Gasteiger partial charge in [0.25, 0.3) is 0 Å². The zero-order valence-corrected chi connectivity index (χ0v) is 16.9. The zero-order valence-electron chi connectivity index (χ0n) is 16.9. The van der Waals surface area contributed by atoms with Crippen molar-refractivity contribution in [3.8, 4) is 0 Å². The average Bonchev–Trinajstić information content (AvgIpc) is 3.19. The highest BCUT2D eigenvalue weighted by Crippen LogP contribution is 2.20. The Bertz CT molecular complexity index is 659. The molecule has 2 heterocycles. The van der Waals surface area contributed by atoms with Crippen LogP contribution in [0, 0.1) is 5.92 Å². The van der Waals surface area contributed by atoms with Gasteiger partial charge in [-0.2, -0.15) is 0 Å². The first kappa shape index (κ1) is 20.8. The minimum atomic E-state index is -0.561. The Morgan fingerprint density at radius 1 is 1.14 bits per heavy atom. The van der Waals surface area contributed by atoms with Crippen molar-refractivity contribution >= 4 is 11.8 Å². The molecule has 2 amide bonds. The van der Waals surface area contributed by atoms with E-state index in [2.05, 4.69) is 22.2 Å². The molecule has 0 aliphatic carbocycles. The standard InChI is InChI=1S/C21H32N4O3/c1-16(26)18-8-9-25(14-18)21(28)20(27)22-19(17-6-4-3-5-7-17)15-24-12-10-23(2)11-13-24/h3-7,16,18-19,26H,8-15H2,1-2H3,(H,22,27)/t16-,18-,19+/m0/s1. The summed E-state index contributed by atoms with van der Waals surface area (Å²) in [5.41, 5.74) is 1.01. The van der Waals surface area contributed by atoms with E-state index in [0.29, 0.717) is 19.6 Å². The number of hydrogen-bond donors (Lipinski definition) is 2. The summed E-state index contributed by atoms with van der Waals surface area (Å²) in [7, 11) is 2.11. The lowest BCUT2D eigenvalue weighted by Crippen LogP contribution is -2.49. The largest absolute Gasteiger partial charge is 0.393 e. The van der Waals surface area contributed by atoms with Crippen LogP contribution in [-0.4, -0.2) is 90.6 Å². The first-order chi connectivity index (χ1) is 13.4. The molecule has 2 fully saturated rings. The maximum Gasteiger partial charge on any atom is 0.311 e. The quantitative estimate of drug-likeness (QED) is 0.711. The Morgan fingerprint density at radius 2 is 1.82 bits per heavy atom. The van der Waals surface area contributed by atoms with Crippen LogP contribution in [0.1, 0.15) is 24.9 Å². The molecule has 7 heteroatoms. The molecule has 154 valence electrons. The molecule has 0 spiro atoms. The number of rotatable bonds is 5. The van der Waals surface area contributed by atoms with Gasteiger partial charge in [0.2, 0.25) is 0 Å². The molecular formula is C21H32N4O3. The summed E-state index contributed by atoms with van der Waals surface area (Å²) in [5, 5.41) is 12.7. The van der Waals surface area contributed by atoms with Crippen molar-refractivity contribution < 1.29 is 14.7 Å². The van der Waals surface area contributed by atoms with Crippen LogP contribution in [0.25, 0.3) is 0 Å². The number of amides is 2. The van der Waals surface area contributed by atoms with Gasteiger partial charge in [0, 0.05) is 51.7 Å². The molecule has 1 aromatic rings. The maximum atomic E-state index is 12.7. The van der Waals surface area contributed by atoms with Crippen molar-refractivity contribution in [1.82, 2.24) is 20.0 Å². The summed E-state index contributed by atoms with van der Waals surface area (Å²) in [6, 6.07) is 9.61. The van der Waals surface area contributed by atoms with Gasteiger partial charge in [-0.05, 0) is 26.0 Å². The summed E-state index contributed by atoms with van der Waals surface area (Å²) in [5.74, 6) is -1.01. The molecule has 0 unspecified atom stereocenters. The van der Waals surface area contributed by atoms with Crippen LogP contribution < -0.4 is 5.32 Å². The molecule has 0 radical (unpaired) electrons. The third kappa shape index (κ3) is 5.31. The number of aliphatic hydroxyl groups is 1. The molecular weight excluding hydrogens is 356 g/mol. The summed E-state index contributed by atoms with van der Waals surface area (Å²) >= 11 is 0. The van der Waals surface area contributed by atoms with Gasteiger partial charge in [-0.3, -0.25) is 14.5 Å². The number of nitrogens with zero attached hydrogens (tertiary/aromatic N) is 3. The minimum absolute atomic E-state index is 0.0482. The fourth-order valence-electron chi connectivity index (χ4n) is 3.94. The van der Waals surface area contributed by atoms with Gasteiger partial charge in [0.05, 0.1) is 12.1 Å². The number of likely N-dealkylation sites (N-methyl/N-ethyl adjacent to an activating group) is 1. The third-order valence-electron chi connectivity index (χ3n) is 5.93. The molecule has 0 bridgehead atoms. The number of carbonyl (C=O) groups is 2. The SMILES string of the molecule is C[C@H](O)[C@H]1CCN(C(=O)C(=O)N[C@H](CN2CCN(C)CC2)c2ccccc2)C1. The van der Waals surface area contributed by atoms with Crippen LogP contribution in [0.3, 0.4) is 0 Å². The van der Waals surface area contributed by atoms with Crippen LogP contribution in [-0.2, 0) is 9.59 Å². The van der Waals surface area contributed by atoms with E-state index in [-0.39, 0.29) is 12.0 Å². The molecule has 0 saturated carbocycles. The van der Waals surface area contributed by atoms with E-state index in [1.54, 1.807) is 11.8 Å². The van der Waals surface area contributed by atoms with E-state index >= 15 is 0 Å².